The van der Waals surface area contributed by atoms with Crippen LogP contribution in [-0.2, 0) is 5.41 Å². The van der Waals surface area contributed by atoms with Crippen LogP contribution in [0, 0.1) is 0 Å². The van der Waals surface area contributed by atoms with Gasteiger partial charge in [-0.2, -0.15) is 0 Å². The summed E-state index contributed by atoms with van der Waals surface area (Å²) in [5.74, 6) is 0. The number of likely N-dealkylation sites (N-methyl/N-ethyl adjacent to an activating group) is 1. The highest BCUT2D eigenvalue weighted by Gasteiger charge is 2.35. The topological polar surface area (TPSA) is 32.3 Å². The van der Waals surface area contributed by atoms with E-state index in [2.05, 4.69) is 47.8 Å². The molecule has 1 fully saturated rings. The summed E-state index contributed by atoms with van der Waals surface area (Å²) in [6.07, 6.45) is 3.84. The van der Waals surface area contributed by atoms with E-state index in [9.17, 15) is 5.11 Å². The SMILES string of the molecule is CNC[C@]1(c2ccc3ccccc3c2)CC[C@H](O)CC1. The second-order valence-electron chi connectivity index (χ2n) is 6.10. The van der Waals surface area contributed by atoms with Gasteiger partial charge in [0.2, 0.25) is 0 Å². The van der Waals surface area contributed by atoms with Gasteiger partial charge in [-0.3, -0.25) is 0 Å². The molecule has 2 aromatic rings. The van der Waals surface area contributed by atoms with Crippen LogP contribution in [0.1, 0.15) is 31.2 Å². The molecule has 0 bridgehead atoms. The van der Waals surface area contributed by atoms with Crippen molar-refractivity contribution in [2.24, 2.45) is 0 Å². The van der Waals surface area contributed by atoms with Crippen molar-refractivity contribution in [1.29, 1.82) is 0 Å². The van der Waals surface area contributed by atoms with Crippen molar-refractivity contribution in [3.63, 3.8) is 0 Å². The Hall–Kier alpha value is -1.38. The van der Waals surface area contributed by atoms with E-state index in [-0.39, 0.29) is 11.5 Å². The molecule has 2 nitrogen and oxygen atoms in total. The maximum absolute atomic E-state index is 9.81. The molecule has 2 N–H and O–H groups in total. The molecule has 0 unspecified atom stereocenters. The van der Waals surface area contributed by atoms with Crippen LogP contribution in [0.15, 0.2) is 42.5 Å². The fourth-order valence-electron chi connectivity index (χ4n) is 3.58. The highest BCUT2D eigenvalue weighted by atomic mass is 16.3. The highest BCUT2D eigenvalue weighted by molar-refractivity contribution is 5.83. The first-order chi connectivity index (χ1) is 9.73. The zero-order valence-corrected chi connectivity index (χ0v) is 12.1. The Morgan fingerprint density at radius 1 is 1.10 bits per heavy atom. The fraction of sp³-hybridized carbons (Fsp3) is 0.444. The minimum atomic E-state index is -0.111. The molecule has 0 aliphatic heterocycles. The number of nitrogens with one attached hydrogen (secondary N) is 1. The first kappa shape index (κ1) is 13.6. The smallest absolute Gasteiger partial charge is 0.0541 e. The van der Waals surface area contributed by atoms with Gasteiger partial charge in [0.1, 0.15) is 0 Å². The fourth-order valence-corrected chi connectivity index (χ4v) is 3.58. The third kappa shape index (κ3) is 2.46. The molecule has 1 saturated carbocycles. The van der Waals surface area contributed by atoms with Gasteiger partial charge < -0.3 is 10.4 Å². The maximum atomic E-state index is 9.81. The zero-order chi connectivity index (χ0) is 14.0. The summed E-state index contributed by atoms with van der Waals surface area (Å²) >= 11 is 0. The van der Waals surface area contributed by atoms with Gasteiger partial charge in [-0.1, -0.05) is 42.5 Å². The molecule has 0 saturated heterocycles. The van der Waals surface area contributed by atoms with Crippen LogP contribution in [0.5, 0.6) is 0 Å². The molecule has 0 radical (unpaired) electrons. The predicted molar refractivity (Wildman–Crippen MR) is 84.0 cm³/mol. The lowest BCUT2D eigenvalue weighted by Crippen LogP contribution is -2.41. The van der Waals surface area contributed by atoms with Crippen LogP contribution in [0.25, 0.3) is 10.8 Å². The second kappa shape index (κ2) is 5.55. The largest absolute Gasteiger partial charge is 0.393 e. The summed E-state index contributed by atoms with van der Waals surface area (Å²) in [6.45, 7) is 0.984. The zero-order valence-electron chi connectivity index (χ0n) is 12.1. The summed E-state index contributed by atoms with van der Waals surface area (Å²) in [7, 11) is 2.02. The van der Waals surface area contributed by atoms with Crippen molar-refractivity contribution in [3.8, 4) is 0 Å². The molecule has 0 spiro atoms. The minimum Gasteiger partial charge on any atom is -0.393 e. The monoisotopic (exact) mass is 269 g/mol. The molecule has 2 aromatic carbocycles. The predicted octanol–water partition coefficient (Wildman–Crippen LogP) is 3.23. The summed E-state index contributed by atoms with van der Waals surface area (Å²) in [6, 6.07) is 15.4. The quantitative estimate of drug-likeness (QED) is 0.896. The summed E-state index contributed by atoms with van der Waals surface area (Å²) in [5, 5.41) is 15.8. The minimum absolute atomic E-state index is 0.111. The lowest BCUT2D eigenvalue weighted by molar-refractivity contribution is 0.0952. The highest BCUT2D eigenvalue weighted by Crippen LogP contribution is 2.40. The van der Waals surface area contributed by atoms with Crippen molar-refractivity contribution < 1.29 is 5.11 Å². The van der Waals surface area contributed by atoms with Crippen LogP contribution in [-0.4, -0.2) is 24.8 Å². The number of benzene rings is 2. The van der Waals surface area contributed by atoms with E-state index < -0.39 is 0 Å². The van der Waals surface area contributed by atoms with E-state index in [1.165, 1.54) is 16.3 Å². The second-order valence-corrected chi connectivity index (χ2v) is 6.10. The standard InChI is InChI=1S/C18H23NO/c1-19-13-18(10-8-17(20)9-11-18)16-7-6-14-4-2-3-5-15(14)12-16/h2-7,12,17,19-20H,8-11,13H2,1H3/t17-,18-. The summed E-state index contributed by atoms with van der Waals surface area (Å²) in [4.78, 5) is 0. The van der Waals surface area contributed by atoms with Crippen molar-refractivity contribution >= 4 is 10.8 Å². The van der Waals surface area contributed by atoms with E-state index >= 15 is 0 Å². The Balaban J connectivity index is 2.00. The van der Waals surface area contributed by atoms with Gasteiger partial charge in [-0.15, -0.1) is 0 Å². The Labute approximate surface area is 120 Å². The van der Waals surface area contributed by atoms with Gasteiger partial charge in [0.15, 0.2) is 0 Å². The first-order valence-corrected chi connectivity index (χ1v) is 7.55. The van der Waals surface area contributed by atoms with Crippen LogP contribution in [0.3, 0.4) is 0 Å². The Bertz CT molecular complexity index is 585. The van der Waals surface area contributed by atoms with Crippen molar-refractivity contribution in [3.05, 3.63) is 48.0 Å². The van der Waals surface area contributed by atoms with Gasteiger partial charge in [-0.25, -0.2) is 0 Å². The van der Waals surface area contributed by atoms with Crippen molar-refractivity contribution in [2.75, 3.05) is 13.6 Å². The lowest BCUT2D eigenvalue weighted by atomic mass is 9.68. The summed E-state index contributed by atoms with van der Waals surface area (Å²) < 4.78 is 0. The molecular formula is C18H23NO. The Kier molecular flexibility index (Phi) is 3.77. The molecule has 0 heterocycles. The van der Waals surface area contributed by atoms with Gasteiger partial charge in [-0.05, 0) is 49.1 Å². The number of aliphatic hydroxyl groups is 1. The summed E-state index contributed by atoms with van der Waals surface area (Å²) in [5.41, 5.74) is 1.59. The van der Waals surface area contributed by atoms with Crippen LogP contribution in [0.2, 0.25) is 0 Å². The molecule has 20 heavy (non-hydrogen) atoms. The maximum Gasteiger partial charge on any atom is 0.0541 e. The van der Waals surface area contributed by atoms with E-state index in [1.807, 2.05) is 7.05 Å². The van der Waals surface area contributed by atoms with Crippen LogP contribution < -0.4 is 5.32 Å². The van der Waals surface area contributed by atoms with Crippen LogP contribution >= 0.6 is 0 Å². The number of aliphatic hydroxyl groups excluding tert-OH is 1. The van der Waals surface area contributed by atoms with Crippen LogP contribution in [0.4, 0.5) is 0 Å². The molecule has 0 atom stereocenters. The van der Waals surface area contributed by atoms with Crippen molar-refractivity contribution in [1.82, 2.24) is 5.32 Å². The number of fused-ring (bicyclic) bond motifs is 1. The third-order valence-corrected chi connectivity index (χ3v) is 4.79. The Morgan fingerprint density at radius 2 is 1.80 bits per heavy atom. The van der Waals surface area contributed by atoms with E-state index in [0.717, 1.165) is 32.2 Å². The first-order valence-electron chi connectivity index (χ1n) is 7.55. The number of hydrogen-bond acceptors (Lipinski definition) is 2. The van der Waals surface area contributed by atoms with Gasteiger partial charge in [0, 0.05) is 12.0 Å². The molecule has 106 valence electrons. The average Bonchev–Trinajstić information content (AvgIpc) is 2.49. The molecule has 1 aliphatic carbocycles. The number of hydrogen-bond donors (Lipinski definition) is 2. The van der Waals surface area contributed by atoms with E-state index in [1.54, 1.807) is 0 Å². The Morgan fingerprint density at radius 3 is 2.50 bits per heavy atom. The van der Waals surface area contributed by atoms with E-state index in [0.29, 0.717) is 0 Å². The molecule has 3 rings (SSSR count). The lowest BCUT2D eigenvalue weighted by Gasteiger charge is -2.39. The van der Waals surface area contributed by atoms with Gasteiger partial charge in [0.25, 0.3) is 0 Å². The average molecular weight is 269 g/mol. The molecule has 0 aromatic heterocycles. The molecule has 0 amide bonds. The normalized spacial score (nSPS) is 26.8. The molecule has 2 heteroatoms. The molecule has 1 aliphatic rings. The van der Waals surface area contributed by atoms with Gasteiger partial charge >= 0.3 is 0 Å². The third-order valence-electron chi connectivity index (χ3n) is 4.79. The van der Waals surface area contributed by atoms with E-state index in [4.69, 9.17) is 0 Å². The molecular weight excluding hydrogens is 246 g/mol. The number of rotatable bonds is 3. The van der Waals surface area contributed by atoms with Crippen molar-refractivity contribution in [2.45, 2.75) is 37.2 Å². The van der Waals surface area contributed by atoms with Gasteiger partial charge in [0.05, 0.1) is 6.10 Å².